The zero-order valence-electron chi connectivity index (χ0n) is 12.1. The van der Waals surface area contributed by atoms with Crippen LogP contribution >= 0.6 is 0 Å². The van der Waals surface area contributed by atoms with E-state index in [4.69, 9.17) is 4.74 Å². The smallest absolute Gasteiger partial charge is 0.122 e. The molecule has 1 fully saturated rings. The van der Waals surface area contributed by atoms with Crippen molar-refractivity contribution >= 4 is 0 Å². The number of nitrogens with one attached hydrogen (secondary N) is 1. The van der Waals surface area contributed by atoms with Gasteiger partial charge in [-0.05, 0) is 18.9 Å². The highest BCUT2D eigenvalue weighted by Gasteiger charge is 2.29. The number of para-hydroxylation sites is 1. The van der Waals surface area contributed by atoms with E-state index in [0.29, 0.717) is 12.5 Å². The maximum atomic E-state index is 10.6. The molecule has 3 heteroatoms. The first-order valence-electron chi connectivity index (χ1n) is 7.92. The molecule has 1 aromatic rings. The van der Waals surface area contributed by atoms with Gasteiger partial charge in [-0.25, -0.2) is 0 Å². The number of benzene rings is 1. The van der Waals surface area contributed by atoms with Gasteiger partial charge in [0.1, 0.15) is 5.75 Å². The average molecular weight is 275 g/mol. The summed E-state index contributed by atoms with van der Waals surface area (Å²) in [4.78, 5) is 0. The molecule has 3 nitrogen and oxygen atoms in total. The van der Waals surface area contributed by atoms with Crippen LogP contribution in [-0.2, 0) is 0 Å². The number of hydrogen-bond donors (Lipinski definition) is 2. The van der Waals surface area contributed by atoms with E-state index >= 15 is 0 Å². The van der Waals surface area contributed by atoms with Crippen molar-refractivity contribution in [3.05, 3.63) is 29.8 Å². The second-order valence-electron chi connectivity index (χ2n) is 6.32. The van der Waals surface area contributed by atoms with Gasteiger partial charge in [0.15, 0.2) is 0 Å². The van der Waals surface area contributed by atoms with Gasteiger partial charge in [0.2, 0.25) is 0 Å². The molecule has 0 radical (unpaired) electrons. The highest BCUT2D eigenvalue weighted by molar-refractivity contribution is 5.39. The summed E-state index contributed by atoms with van der Waals surface area (Å²) in [6.07, 6.45) is 6.74. The van der Waals surface area contributed by atoms with Gasteiger partial charge in [0.25, 0.3) is 0 Å². The monoisotopic (exact) mass is 275 g/mol. The van der Waals surface area contributed by atoms with Crippen LogP contribution in [-0.4, -0.2) is 30.4 Å². The second kappa shape index (κ2) is 6.15. The third-order valence-corrected chi connectivity index (χ3v) is 4.68. The van der Waals surface area contributed by atoms with Gasteiger partial charge >= 0.3 is 0 Å². The van der Waals surface area contributed by atoms with Crippen LogP contribution in [0.25, 0.3) is 0 Å². The van der Waals surface area contributed by atoms with Crippen LogP contribution in [0.4, 0.5) is 0 Å². The molecule has 2 N–H and O–H groups in total. The lowest BCUT2D eigenvalue weighted by Crippen LogP contribution is -2.41. The van der Waals surface area contributed by atoms with Crippen molar-refractivity contribution in [2.75, 3.05) is 19.7 Å². The number of rotatable bonds is 4. The van der Waals surface area contributed by atoms with Crippen LogP contribution in [0, 0.1) is 0 Å². The third-order valence-electron chi connectivity index (χ3n) is 4.68. The average Bonchev–Trinajstić information content (AvgIpc) is 2.74. The molecule has 3 rings (SSSR count). The van der Waals surface area contributed by atoms with Gasteiger partial charge in [-0.3, -0.25) is 0 Å². The normalized spacial score (nSPS) is 24.8. The van der Waals surface area contributed by atoms with E-state index in [0.717, 1.165) is 44.6 Å². The minimum Gasteiger partial charge on any atom is -0.493 e. The molecule has 1 aromatic carbocycles. The fourth-order valence-electron chi connectivity index (χ4n) is 3.44. The fraction of sp³-hybridized carbons (Fsp3) is 0.647. The molecule has 1 unspecified atom stereocenters. The summed E-state index contributed by atoms with van der Waals surface area (Å²) in [5.41, 5.74) is 0.808. The molecule has 1 atom stereocenters. The van der Waals surface area contributed by atoms with E-state index in [1.54, 1.807) is 0 Å². The zero-order chi connectivity index (χ0) is 13.8. The summed E-state index contributed by atoms with van der Waals surface area (Å²) in [5, 5.41) is 14.1. The van der Waals surface area contributed by atoms with E-state index in [1.165, 1.54) is 18.4 Å². The second-order valence-corrected chi connectivity index (χ2v) is 6.32. The summed E-state index contributed by atoms with van der Waals surface area (Å²) in [6.45, 7) is 2.36. The van der Waals surface area contributed by atoms with Crippen LogP contribution < -0.4 is 10.1 Å². The Morgan fingerprint density at radius 3 is 2.70 bits per heavy atom. The Bertz CT molecular complexity index is 438. The quantitative estimate of drug-likeness (QED) is 0.830. The Morgan fingerprint density at radius 2 is 1.90 bits per heavy atom. The molecule has 0 aromatic heterocycles. The molecule has 2 aliphatic rings. The molecule has 0 saturated heterocycles. The van der Waals surface area contributed by atoms with Crippen LogP contribution in [0.15, 0.2) is 24.3 Å². The van der Waals surface area contributed by atoms with Gasteiger partial charge in [-0.2, -0.15) is 0 Å². The van der Waals surface area contributed by atoms with E-state index in [2.05, 4.69) is 17.4 Å². The highest BCUT2D eigenvalue weighted by Crippen LogP contribution is 2.33. The van der Waals surface area contributed by atoms with Gasteiger partial charge in [-0.15, -0.1) is 0 Å². The summed E-state index contributed by atoms with van der Waals surface area (Å²) in [6, 6.07) is 8.27. The minimum absolute atomic E-state index is 0.417. The van der Waals surface area contributed by atoms with Crippen molar-refractivity contribution in [1.82, 2.24) is 5.32 Å². The number of fused-ring (bicyclic) bond motifs is 1. The Kier molecular flexibility index (Phi) is 4.27. The Labute approximate surface area is 121 Å². The third kappa shape index (κ3) is 3.15. The van der Waals surface area contributed by atoms with Gasteiger partial charge in [0.05, 0.1) is 12.2 Å². The van der Waals surface area contributed by atoms with Gasteiger partial charge < -0.3 is 15.2 Å². The van der Waals surface area contributed by atoms with Crippen LogP contribution in [0.2, 0.25) is 0 Å². The molecule has 110 valence electrons. The summed E-state index contributed by atoms with van der Waals surface area (Å²) < 4.78 is 5.70. The van der Waals surface area contributed by atoms with Crippen molar-refractivity contribution in [3.63, 3.8) is 0 Å². The zero-order valence-corrected chi connectivity index (χ0v) is 12.1. The van der Waals surface area contributed by atoms with Crippen LogP contribution in [0.3, 0.4) is 0 Å². The lowest BCUT2D eigenvalue weighted by atomic mass is 9.94. The van der Waals surface area contributed by atoms with Crippen molar-refractivity contribution in [2.24, 2.45) is 0 Å². The first-order chi connectivity index (χ1) is 9.77. The largest absolute Gasteiger partial charge is 0.493 e. The molecular formula is C17H25NO2. The molecule has 1 saturated carbocycles. The molecule has 1 heterocycles. The number of aliphatic hydroxyl groups is 1. The van der Waals surface area contributed by atoms with Crippen molar-refractivity contribution in [2.45, 2.75) is 50.0 Å². The van der Waals surface area contributed by atoms with Crippen molar-refractivity contribution in [1.29, 1.82) is 0 Å². The topological polar surface area (TPSA) is 41.5 Å². The summed E-state index contributed by atoms with van der Waals surface area (Å²) >= 11 is 0. The lowest BCUT2D eigenvalue weighted by molar-refractivity contribution is 0.0250. The van der Waals surface area contributed by atoms with E-state index in [1.807, 2.05) is 12.1 Å². The van der Waals surface area contributed by atoms with E-state index in [9.17, 15) is 5.11 Å². The van der Waals surface area contributed by atoms with Gasteiger partial charge in [0, 0.05) is 24.6 Å². The fourth-order valence-corrected chi connectivity index (χ4v) is 3.44. The van der Waals surface area contributed by atoms with Gasteiger partial charge in [-0.1, -0.05) is 43.9 Å². The molecule has 0 amide bonds. The summed E-state index contributed by atoms with van der Waals surface area (Å²) in [7, 11) is 0. The van der Waals surface area contributed by atoms with E-state index < -0.39 is 5.60 Å². The summed E-state index contributed by atoms with van der Waals surface area (Å²) in [5.74, 6) is 1.44. The lowest BCUT2D eigenvalue weighted by Gasteiger charge is -2.27. The Hall–Kier alpha value is -1.06. The number of hydrogen-bond acceptors (Lipinski definition) is 3. The molecular weight excluding hydrogens is 250 g/mol. The molecule has 1 aliphatic heterocycles. The maximum absolute atomic E-state index is 10.6. The minimum atomic E-state index is -0.491. The first-order valence-corrected chi connectivity index (χ1v) is 7.92. The van der Waals surface area contributed by atoms with Crippen molar-refractivity contribution in [3.8, 4) is 5.75 Å². The molecule has 0 spiro atoms. The predicted octanol–water partition coefficient (Wildman–Crippen LogP) is 2.84. The van der Waals surface area contributed by atoms with Crippen molar-refractivity contribution < 1.29 is 9.84 Å². The first kappa shape index (κ1) is 13.9. The number of ether oxygens (including phenoxy) is 1. The molecule has 1 aliphatic carbocycles. The molecule has 20 heavy (non-hydrogen) atoms. The predicted molar refractivity (Wildman–Crippen MR) is 80.2 cm³/mol. The van der Waals surface area contributed by atoms with E-state index in [-0.39, 0.29) is 0 Å². The SMILES string of the molecule is OC1(CNCC2COc3ccccc32)CCCCCC1. The van der Waals surface area contributed by atoms with Crippen LogP contribution in [0.1, 0.15) is 50.0 Å². The Balaban J connectivity index is 1.51. The Morgan fingerprint density at radius 1 is 1.15 bits per heavy atom. The molecule has 0 bridgehead atoms. The standard InChI is InChI=1S/C17H25NO2/c19-17(9-5-1-2-6-10-17)13-18-11-14-12-20-16-8-4-3-7-15(14)16/h3-4,7-8,14,18-19H,1-2,5-6,9-13H2. The van der Waals surface area contributed by atoms with Crippen LogP contribution in [0.5, 0.6) is 5.75 Å². The highest BCUT2D eigenvalue weighted by atomic mass is 16.5. The maximum Gasteiger partial charge on any atom is 0.122 e.